The van der Waals surface area contributed by atoms with Crippen LogP contribution in [0.15, 0.2) is 0 Å². The lowest BCUT2D eigenvalue weighted by Crippen LogP contribution is -2.42. The number of rotatable bonds is 8. The third-order valence-electron chi connectivity index (χ3n) is 3.40. The van der Waals surface area contributed by atoms with Gasteiger partial charge in [-0.05, 0) is 25.7 Å². The summed E-state index contributed by atoms with van der Waals surface area (Å²) in [6, 6.07) is 0.689. The lowest BCUT2D eigenvalue weighted by molar-refractivity contribution is 0.00998. The SMILES string of the molecule is CCOCC(O)CN(CC(C)C)C1CCCC1. The molecule has 0 amide bonds. The fraction of sp³-hybridized carbons (Fsp3) is 1.00. The van der Waals surface area contributed by atoms with Gasteiger partial charge < -0.3 is 9.84 Å². The first-order chi connectivity index (χ1) is 8.13. The quantitative estimate of drug-likeness (QED) is 0.710. The molecule has 1 aliphatic rings. The van der Waals surface area contributed by atoms with Gasteiger partial charge in [-0.15, -0.1) is 0 Å². The van der Waals surface area contributed by atoms with Crippen LogP contribution in [0.1, 0.15) is 46.5 Å². The van der Waals surface area contributed by atoms with Gasteiger partial charge in [-0.3, -0.25) is 4.90 Å². The molecular weight excluding hydrogens is 214 g/mol. The van der Waals surface area contributed by atoms with Crippen LogP contribution in [0.4, 0.5) is 0 Å². The lowest BCUT2D eigenvalue weighted by atomic mass is 10.1. The van der Waals surface area contributed by atoms with E-state index < -0.39 is 0 Å². The summed E-state index contributed by atoms with van der Waals surface area (Å²) in [4.78, 5) is 2.47. The molecule has 0 aromatic carbocycles. The van der Waals surface area contributed by atoms with E-state index in [0.717, 1.165) is 13.1 Å². The van der Waals surface area contributed by atoms with Crippen LogP contribution in [-0.4, -0.2) is 48.5 Å². The smallest absolute Gasteiger partial charge is 0.0900 e. The number of aliphatic hydroxyl groups excluding tert-OH is 1. The van der Waals surface area contributed by atoms with Crippen LogP contribution in [0, 0.1) is 5.92 Å². The van der Waals surface area contributed by atoms with E-state index in [-0.39, 0.29) is 6.10 Å². The van der Waals surface area contributed by atoms with E-state index in [1.807, 2.05) is 6.92 Å². The summed E-state index contributed by atoms with van der Waals surface area (Å²) in [6.45, 7) is 9.47. The molecule has 1 aliphatic carbocycles. The van der Waals surface area contributed by atoms with E-state index in [2.05, 4.69) is 18.7 Å². The molecule has 1 unspecified atom stereocenters. The van der Waals surface area contributed by atoms with Gasteiger partial charge in [0.1, 0.15) is 0 Å². The molecule has 1 atom stereocenters. The van der Waals surface area contributed by atoms with Gasteiger partial charge in [-0.1, -0.05) is 26.7 Å². The van der Waals surface area contributed by atoms with Crippen LogP contribution >= 0.6 is 0 Å². The highest BCUT2D eigenvalue weighted by atomic mass is 16.5. The van der Waals surface area contributed by atoms with E-state index in [0.29, 0.717) is 25.2 Å². The average molecular weight is 243 g/mol. The molecule has 3 nitrogen and oxygen atoms in total. The summed E-state index contributed by atoms with van der Waals surface area (Å²) in [5.74, 6) is 0.662. The number of hydrogen-bond acceptors (Lipinski definition) is 3. The maximum absolute atomic E-state index is 9.96. The Hall–Kier alpha value is -0.120. The van der Waals surface area contributed by atoms with Gasteiger partial charge in [0.05, 0.1) is 12.7 Å². The summed E-state index contributed by atoms with van der Waals surface area (Å²) in [7, 11) is 0. The zero-order chi connectivity index (χ0) is 12.7. The van der Waals surface area contributed by atoms with E-state index in [1.165, 1.54) is 25.7 Å². The van der Waals surface area contributed by atoms with Crippen LogP contribution < -0.4 is 0 Å². The second-order valence-electron chi connectivity index (χ2n) is 5.60. The average Bonchev–Trinajstić information content (AvgIpc) is 2.78. The molecule has 1 N–H and O–H groups in total. The Morgan fingerprint density at radius 3 is 2.41 bits per heavy atom. The molecule has 0 saturated heterocycles. The predicted octanol–water partition coefficient (Wildman–Crippen LogP) is 2.28. The molecule has 1 saturated carbocycles. The van der Waals surface area contributed by atoms with Gasteiger partial charge in [0.25, 0.3) is 0 Å². The van der Waals surface area contributed by atoms with E-state index in [1.54, 1.807) is 0 Å². The van der Waals surface area contributed by atoms with Crippen molar-refractivity contribution in [2.24, 2.45) is 5.92 Å². The molecule has 0 aromatic heterocycles. The molecule has 0 spiro atoms. The zero-order valence-electron chi connectivity index (χ0n) is 11.7. The number of ether oxygens (including phenoxy) is 1. The fourth-order valence-electron chi connectivity index (χ4n) is 2.69. The van der Waals surface area contributed by atoms with Gasteiger partial charge in [0, 0.05) is 25.7 Å². The second-order valence-corrected chi connectivity index (χ2v) is 5.60. The van der Waals surface area contributed by atoms with Crippen molar-refractivity contribution in [1.29, 1.82) is 0 Å². The highest BCUT2D eigenvalue weighted by molar-refractivity contribution is 4.79. The third kappa shape index (κ3) is 5.84. The third-order valence-corrected chi connectivity index (χ3v) is 3.40. The Balaban J connectivity index is 2.38. The van der Waals surface area contributed by atoms with Gasteiger partial charge in [-0.25, -0.2) is 0 Å². The van der Waals surface area contributed by atoms with Gasteiger partial charge in [-0.2, -0.15) is 0 Å². The van der Waals surface area contributed by atoms with Crippen LogP contribution in [0.2, 0.25) is 0 Å². The minimum Gasteiger partial charge on any atom is -0.389 e. The summed E-state index contributed by atoms with van der Waals surface area (Å²) in [5.41, 5.74) is 0. The largest absolute Gasteiger partial charge is 0.389 e. The fourth-order valence-corrected chi connectivity index (χ4v) is 2.69. The van der Waals surface area contributed by atoms with Crippen molar-refractivity contribution in [2.75, 3.05) is 26.3 Å². The summed E-state index contributed by atoms with van der Waals surface area (Å²) >= 11 is 0. The highest BCUT2D eigenvalue weighted by Crippen LogP contribution is 2.24. The molecular formula is C14H29NO2. The second kappa shape index (κ2) is 8.06. The molecule has 0 aromatic rings. The first kappa shape index (κ1) is 14.9. The van der Waals surface area contributed by atoms with Crippen molar-refractivity contribution in [3.63, 3.8) is 0 Å². The van der Waals surface area contributed by atoms with Crippen LogP contribution in [0.3, 0.4) is 0 Å². The molecule has 0 bridgehead atoms. The van der Waals surface area contributed by atoms with Gasteiger partial charge in [0.2, 0.25) is 0 Å². The maximum Gasteiger partial charge on any atom is 0.0900 e. The predicted molar refractivity (Wildman–Crippen MR) is 71.2 cm³/mol. The molecule has 0 heterocycles. The maximum atomic E-state index is 9.96. The Bertz CT molecular complexity index is 191. The summed E-state index contributed by atoms with van der Waals surface area (Å²) < 4.78 is 5.29. The Morgan fingerprint density at radius 2 is 1.88 bits per heavy atom. The molecule has 1 rings (SSSR count). The topological polar surface area (TPSA) is 32.7 Å². The first-order valence-electron chi connectivity index (χ1n) is 7.13. The van der Waals surface area contributed by atoms with Crippen molar-refractivity contribution >= 4 is 0 Å². The highest BCUT2D eigenvalue weighted by Gasteiger charge is 2.24. The molecule has 3 heteroatoms. The number of hydrogen-bond donors (Lipinski definition) is 1. The molecule has 17 heavy (non-hydrogen) atoms. The monoisotopic (exact) mass is 243 g/mol. The number of aliphatic hydroxyl groups is 1. The molecule has 102 valence electrons. The minimum atomic E-state index is -0.339. The van der Waals surface area contributed by atoms with Crippen molar-refractivity contribution in [2.45, 2.75) is 58.6 Å². The normalized spacial score (nSPS) is 19.4. The van der Waals surface area contributed by atoms with Crippen LogP contribution in [-0.2, 0) is 4.74 Å². The van der Waals surface area contributed by atoms with E-state index >= 15 is 0 Å². The van der Waals surface area contributed by atoms with Crippen molar-refractivity contribution in [3.05, 3.63) is 0 Å². The van der Waals surface area contributed by atoms with E-state index in [4.69, 9.17) is 4.74 Å². The Morgan fingerprint density at radius 1 is 1.24 bits per heavy atom. The van der Waals surface area contributed by atoms with Crippen LogP contribution in [0.5, 0.6) is 0 Å². The first-order valence-corrected chi connectivity index (χ1v) is 7.13. The molecule has 1 fully saturated rings. The molecule has 0 radical (unpaired) electrons. The summed E-state index contributed by atoms with van der Waals surface area (Å²) in [5, 5.41) is 9.96. The zero-order valence-corrected chi connectivity index (χ0v) is 11.7. The van der Waals surface area contributed by atoms with Crippen LogP contribution in [0.25, 0.3) is 0 Å². The minimum absolute atomic E-state index is 0.339. The van der Waals surface area contributed by atoms with Crippen molar-refractivity contribution < 1.29 is 9.84 Å². The molecule has 0 aliphatic heterocycles. The van der Waals surface area contributed by atoms with Crippen molar-refractivity contribution in [1.82, 2.24) is 4.90 Å². The van der Waals surface area contributed by atoms with Crippen molar-refractivity contribution in [3.8, 4) is 0 Å². The Kier molecular flexibility index (Phi) is 7.09. The standard InChI is InChI=1S/C14H29NO2/c1-4-17-11-14(16)10-15(9-12(2)3)13-7-5-6-8-13/h12-14,16H,4-11H2,1-3H3. The lowest BCUT2D eigenvalue weighted by Gasteiger charge is -2.32. The summed E-state index contributed by atoms with van der Waals surface area (Å²) in [6.07, 6.45) is 4.96. The van der Waals surface area contributed by atoms with Gasteiger partial charge in [0.15, 0.2) is 0 Å². The Labute approximate surface area is 106 Å². The van der Waals surface area contributed by atoms with E-state index in [9.17, 15) is 5.11 Å². The van der Waals surface area contributed by atoms with Gasteiger partial charge >= 0.3 is 0 Å². The number of nitrogens with zero attached hydrogens (tertiary/aromatic N) is 1.